The topological polar surface area (TPSA) is 38.0 Å². The minimum Gasteiger partial charge on any atom is -0.316 e. The molecule has 0 saturated heterocycles. The van der Waals surface area contributed by atoms with Crippen molar-refractivity contribution < 1.29 is 0 Å². The van der Waals surface area contributed by atoms with E-state index in [9.17, 15) is 0 Å². The second-order valence-electron chi connectivity index (χ2n) is 2.31. The van der Waals surface area contributed by atoms with Gasteiger partial charge in [0.05, 0.1) is 6.17 Å². The maximum Gasteiger partial charge on any atom is 0.0546 e. The molecule has 0 aromatic heterocycles. The molecule has 0 amide bonds. The predicted molar refractivity (Wildman–Crippen MR) is 41.2 cm³/mol. The maximum atomic E-state index is 5.66. The molecule has 0 radical (unpaired) electrons. The monoisotopic (exact) mass is 130 g/mol. The Morgan fingerprint density at radius 3 is 2.56 bits per heavy atom. The summed E-state index contributed by atoms with van der Waals surface area (Å²) in [7, 11) is 0. The average Bonchev–Trinajstić information content (AvgIpc) is 1.85. The lowest BCUT2D eigenvalue weighted by molar-refractivity contribution is 0.490. The van der Waals surface area contributed by atoms with Gasteiger partial charge in [0.1, 0.15) is 0 Å². The van der Waals surface area contributed by atoms with Gasteiger partial charge in [0.25, 0.3) is 0 Å². The number of rotatable bonds is 5. The first kappa shape index (κ1) is 8.92. The zero-order valence-corrected chi connectivity index (χ0v) is 6.48. The van der Waals surface area contributed by atoms with Crippen molar-refractivity contribution in [1.82, 2.24) is 5.32 Å². The Morgan fingerprint density at radius 1 is 1.44 bits per heavy atom. The standard InChI is InChI=1S/C7H18N2/c1-3-5-6-7(8)9-4-2/h7,9H,3-6,8H2,1-2H3. The Balaban J connectivity index is 2.95. The Bertz CT molecular complexity index is 54.9. The zero-order valence-electron chi connectivity index (χ0n) is 6.48. The van der Waals surface area contributed by atoms with Crippen molar-refractivity contribution in [2.45, 2.75) is 39.3 Å². The van der Waals surface area contributed by atoms with E-state index in [0.717, 1.165) is 13.0 Å². The van der Waals surface area contributed by atoms with Crippen LogP contribution in [0.4, 0.5) is 0 Å². The van der Waals surface area contributed by atoms with Gasteiger partial charge in [-0.1, -0.05) is 26.7 Å². The van der Waals surface area contributed by atoms with Crippen LogP contribution in [0, 0.1) is 0 Å². The van der Waals surface area contributed by atoms with E-state index in [4.69, 9.17) is 5.73 Å². The fraction of sp³-hybridized carbons (Fsp3) is 1.00. The van der Waals surface area contributed by atoms with Gasteiger partial charge in [0.2, 0.25) is 0 Å². The molecule has 0 aliphatic carbocycles. The number of unbranched alkanes of at least 4 members (excludes halogenated alkanes) is 1. The van der Waals surface area contributed by atoms with Crippen molar-refractivity contribution in [3.8, 4) is 0 Å². The van der Waals surface area contributed by atoms with Crippen LogP contribution in [-0.4, -0.2) is 12.7 Å². The van der Waals surface area contributed by atoms with Crippen LogP contribution in [0.2, 0.25) is 0 Å². The molecule has 2 heteroatoms. The van der Waals surface area contributed by atoms with E-state index in [1.54, 1.807) is 0 Å². The lowest BCUT2D eigenvalue weighted by Gasteiger charge is -2.10. The van der Waals surface area contributed by atoms with Crippen molar-refractivity contribution in [3.05, 3.63) is 0 Å². The number of hydrogen-bond donors (Lipinski definition) is 2. The minimum atomic E-state index is 0.218. The van der Waals surface area contributed by atoms with Crippen LogP contribution in [0.5, 0.6) is 0 Å². The summed E-state index contributed by atoms with van der Waals surface area (Å²) in [6.07, 6.45) is 3.78. The van der Waals surface area contributed by atoms with Crippen molar-refractivity contribution >= 4 is 0 Å². The zero-order chi connectivity index (χ0) is 7.11. The van der Waals surface area contributed by atoms with Gasteiger partial charge in [0, 0.05) is 0 Å². The fourth-order valence-corrected chi connectivity index (χ4v) is 0.788. The first-order valence-electron chi connectivity index (χ1n) is 3.80. The molecule has 0 aromatic rings. The van der Waals surface area contributed by atoms with Gasteiger partial charge < -0.3 is 11.1 Å². The highest BCUT2D eigenvalue weighted by atomic mass is 15.0. The van der Waals surface area contributed by atoms with Gasteiger partial charge in [-0.25, -0.2) is 0 Å². The molecule has 9 heavy (non-hydrogen) atoms. The quantitative estimate of drug-likeness (QED) is 0.546. The van der Waals surface area contributed by atoms with E-state index in [-0.39, 0.29) is 6.17 Å². The summed E-state index contributed by atoms with van der Waals surface area (Å²) in [6.45, 7) is 5.23. The Kier molecular flexibility index (Phi) is 5.99. The predicted octanol–water partition coefficient (Wildman–Crippen LogP) is 1.07. The van der Waals surface area contributed by atoms with Crippen molar-refractivity contribution in [1.29, 1.82) is 0 Å². The van der Waals surface area contributed by atoms with E-state index >= 15 is 0 Å². The summed E-state index contributed by atoms with van der Waals surface area (Å²) in [6, 6.07) is 0. The Hall–Kier alpha value is -0.0800. The molecule has 0 rings (SSSR count). The largest absolute Gasteiger partial charge is 0.316 e. The smallest absolute Gasteiger partial charge is 0.0546 e. The fourth-order valence-electron chi connectivity index (χ4n) is 0.788. The third kappa shape index (κ3) is 5.80. The second kappa shape index (κ2) is 6.05. The molecule has 0 bridgehead atoms. The van der Waals surface area contributed by atoms with E-state index in [0.29, 0.717) is 0 Å². The molecule has 3 N–H and O–H groups in total. The lowest BCUT2D eigenvalue weighted by atomic mass is 10.2. The van der Waals surface area contributed by atoms with Gasteiger partial charge in [-0.15, -0.1) is 0 Å². The summed E-state index contributed by atoms with van der Waals surface area (Å²) in [4.78, 5) is 0. The maximum absolute atomic E-state index is 5.66. The SMILES string of the molecule is CCCCC(N)NCC. The lowest BCUT2D eigenvalue weighted by Crippen LogP contribution is -2.36. The molecular weight excluding hydrogens is 112 g/mol. The number of nitrogens with two attached hydrogens (primary N) is 1. The summed E-state index contributed by atoms with van der Waals surface area (Å²) in [5, 5.41) is 3.16. The van der Waals surface area contributed by atoms with Crippen LogP contribution in [0.15, 0.2) is 0 Å². The van der Waals surface area contributed by atoms with E-state index in [1.807, 2.05) is 0 Å². The van der Waals surface area contributed by atoms with Crippen LogP contribution in [0.25, 0.3) is 0 Å². The van der Waals surface area contributed by atoms with Gasteiger partial charge >= 0.3 is 0 Å². The van der Waals surface area contributed by atoms with E-state index in [2.05, 4.69) is 19.2 Å². The molecule has 0 aliphatic rings. The summed E-state index contributed by atoms with van der Waals surface area (Å²) in [5.74, 6) is 0. The highest BCUT2D eigenvalue weighted by Crippen LogP contribution is 1.94. The number of nitrogens with one attached hydrogen (secondary N) is 1. The summed E-state index contributed by atoms with van der Waals surface area (Å²) >= 11 is 0. The van der Waals surface area contributed by atoms with Gasteiger partial charge in [-0.2, -0.15) is 0 Å². The molecule has 0 heterocycles. The highest BCUT2D eigenvalue weighted by Gasteiger charge is 1.95. The molecule has 0 aliphatic heterocycles. The molecule has 2 nitrogen and oxygen atoms in total. The normalized spacial score (nSPS) is 13.7. The van der Waals surface area contributed by atoms with Crippen LogP contribution in [0.1, 0.15) is 33.1 Å². The molecule has 0 spiro atoms. The molecule has 1 unspecified atom stereocenters. The van der Waals surface area contributed by atoms with Crippen LogP contribution >= 0.6 is 0 Å². The number of hydrogen-bond acceptors (Lipinski definition) is 2. The molecule has 0 aromatic carbocycles. The first-order chi connectivity index (χ1) is 4.31. The molecule has 56 valence electrons. The van der Waals surface area contributed by atoms with Crippen LogP contribution in [0.3, 0.4) is 0 Å². The van der Waals surface area contributed by atoms with Gasteiger partial charge in [-0.05, 0) is 13.0 Å². The average molecular weight is 130 g/mol. The van der Waals surface area contributed by atoms with Crippen LogP contribution < -0.4 is 11.1 Å². The third-order valence-electron chi connectivity index (χ3n) is 1.33. The second-order valence-corrected chi connectivity index (χ2v) is 2.31. The Morgan fingerprint density at radius 2 is 2.11 bits per heavy atom. The first-order valence-corrected chi connectivity index (χ1v) is 3.80. The third-order valence-corrected chi connectivity index (χ3v) is 1.33. The van der Waals surface area contributed by atoms with E-state index < -0.39 is 0 Å². The summed E-state index contributed by atoms with van der Waals surface area (Å²) in [5.41, 5.74) is 5.66. The molecular formula is C7H18N2. The molecule has 0 fully saturated rings. The van der Waals surface area contributed by atoms with Gasteiger partial charge in [-0.3, -0.25) is 0 Å². The minimum absolute atomic E-state index is 0.218. The van der Waals surface area contributed by atoms with Gasteiger partial charge in [0.15, 0.2) is 0 Å². The summed E-state index contributed by atoms with van der Waals surface area (Å²) < 4.78 is 0. The van der Waals surface area contributed by atoms with Crippen molar-refractivity contribution in [3.63, 3.8) is 0 Å². The van der Waals surface area contributed by atoms with E-state index in [1.165, 1.54) is 12.8 Å². The highest BCUT2D eigenvalue weighted by molar-refractivity contribution is 4.55. The van der Waals surface area contributed by atoms with Crippen molar-refractivity contribution in [2.24, 2.45) is 5.73 Å². The molecule has 1 atom stereocenters. The van der Waals surface area contributed by atoms with Crippen LogP contribution in [-0.2, 0) is 0 Å². The Labute approximate surface area is 57.8 Å². The molecule has 0 saturated carbocycles. The van der Waals surface area contributed by atoms with Crippen molar-refractivity contribution in [2.75, 3.05) is 6.54 Å².